The minimum Gasteiger partial charge on any atom is -0.372 e. The topological polar surface area (TPSA) is 62.9 Å². The first-order chi connectivity index (χ1) is 7.19. The molecule has 3 N–H and O–H groups in total. The van der Waals surface area contributed by atoms with Gasteiger partial charge in [0.05, 0.1) is 18.2 Å². The molecule has 0 spiro atoms. The van der Waals surface area contributed by atoms with E-state index in [1.165, 1.54) is 12.8 Å². The molecule has 2 atom stereocenters. The maximum absolute atomic E-state index is 5.67. The van der Waals surface area contributed by atoms with Gasteiger partial charge in [-0.05, 0) is 26.7 Å². The number of nitrogens with one attached hydrogen (secondary N) is 1. The molecule has 0 amide bonds. The molecule has 5 nitrogen and oxygen atoms in total. The van der Waals surface area contributed by atoms with Gasteiger partial charge in [0.25, 0.3) is 0 Å². The van der Waals surface area contributed by atoms with Crippen molar-refractivity contribution in [1.29, 1.82) is 0 Å². The van der Waals surface area contributed by atoms with Gasteiger partial charge in [0, 0.05) is 13.1 Å². The number of nitrogens with two attached hydrogens (primary N) is 1. The lowest BCUT2D eigenvalue weighted by atomic mass is 10.2. The summed E-state index contributed by atoms with van der Waals surface area (Å²) in [4.78, 5) is 6.73. The monoisotopic (exact) mass is 212 g/mol. The maximum atomic E-state index is 5.67. The molecule has 1 saturated carbocycles. The smallest absolute Gasteiger partial charge is 0.208 e. The van der Waals surface area contributed by atoms with Gasteiger partial charge in [-0.2, -0.15) is 0 Å². The summed E-state index contributed by atoms with van der Waals surface area (Å²) in [5.41, 5.74) is 2.70. The lowest BCUT2D eigenvalue weighted by Gasteiger charge is -2.36. The number of rotatable bonds is 1. The van der Waals surface area contributed by atoms with E-state index in [0.717, 1.165) is 19.0 Å². The first-order valence-corrected chi connectivity index (χ1v) is 5.64. The summed E-state index contributed by atoms with van der Waals surface area (Å²) < 4.78 is 5.67. The zero-order chi connectivity index (χ0) is 10.8. The van der Waals surface area contributed by atoms with Crippen molar-refractivity contribution in [2.45, 2.75) is 44.9 Å². The van der Waals surface area contributed by atoms with Crippen LogP contribution >= 0.6 is 0 Å². The Morgan fingerprint density at radius 1 is 1.33 bits per heavy atom. The van der Waals surface area contributed by atoms with E-state index in [1.807, 2.05) is 0 Å². The lowest BCUT2D eigenvalue weighted by Crippen LogP contribution is -2.54. The second kappa shape index (κ2) is 4.37. The fraction of sp³-hybridized carbons (Fsp3) is 0.900. The first kappa shape index (κ1) is 10.7. The molecule has 2 aliphatic rings. The molecule has 1 heterocycles. The van der Waals surface area contributed by atoms with Gasteiger partial charge in [-0.15, -0.1) is 0 Å². The molecule has 5 heteroatoms. The Hall–Kier alpha value is -0.810. The van der Waals surface area contributed by atoms with E-state index < -0.39 is 0 Å². The van der Waals surface area contributed by atoms with Gasteiger partial charge >= 0.3 is 0 Å². The number of nitrogens with zero attached hydrogens (tertiary/aromatic N) is 2. The van der Waals surface area contributed by atoms with Gasteiger partial charge in [0.15, 0.2) is 0 Å². The molecule has 0 aromatic carbocycles. The fourth-order valence-electron chi connectivity index (χ4n) is 1.94. The van der Waals surface area contributed by atoms with Gasteiger partial charge in [-0.25, -0.2) is 10.8 Å². The van der Waals surface area contributed by atoms with Gasteiger partial charge in [-0.3, -0.25) is 5.43 Å². The Kier molecular flexibility index (Phi) is 3.11. The van der Waals surface area contributed by atoms with Crippen LogP contribution in [0.15, 0.2) is 4.99 Å². The second-order valence-electron chi connectivity index (χ2n) is 4.49. The van der Waals surface area contributed by atoms with Gasteiger partial charge < -0.3 is 9.64 Å². The van der Waals surface area contributed by atoms with Gasteiger partial charge in [-0.1, -0.05) is 0 Å². The van der Waals surface area contributed by atoms with Crippen molar-refractivity contribution in [2.75, 3.05) is 13.1 Å². The van der Waals surface area contributed by atoms with Gasteiger partial charge in [0.2, 0.25) is 5.96 Å². The summed E-state index contributed by atoms with van der Waals surface area (Å²) in [6.07, 6.45) is 2.87. The number of guanidine groups is 1. The van der Waals surface area contributed by atoms with E-state index in [-0.39, 0.29) is 12.2 Å². The largest absolute Gasteiger partial charge is 0.372 e. The number of hydrogen-bond donors (Lipinski definition) is 2. The van der Waals surface area contributed by atoms with Crippen LogP contribution in [0.5, 0.6) is 0 Å². The summed E-state index contributed by atoms with van der Waals surface area (Å²) in [6.45, 7) is 5.88. The zero-order valence-corrected chi connectivity index (χ0v) is 9.44. The maximum Gasteiger partial charge on any atom is 0.208 e. The third kappa shape index (κ3) is 2.82. The molecule has 2 rings (SSSR count). The normalized spacial score (nSPS) is 33.0. The molecular formula is C10H20N4O. The average Bonchev–Trinajstić information content (AvgIpc) is 2.96. The van der Waals surface area contributed by atoms with E-state index in [1.54, 1.807) is 0 Å². The van der Waals surface area contributed by atoms with Crippen molar-refractivity contribution in [1.82, 2.24) is 10.3 Å². The van der Waals surface area contributed by atoms with Crippen molar-refractivity contribution in [3.8, 4) is 0 Å². The van der Waals surface area contributed by atoms with Crippen LogP contribution in [0.1, 0.15) is 26.7 Å². The Balaban J connectivity index is 1.99. The number of aliphatic imine (C=N–C) groups is 1. The summed E-state index contributed by atoms with van der Waals surface area (Å²) >= 11 is 0. The van der Waals surface area contributed by atoms with Crippen LogP contribution in [-0.2, 0) is 4.74 Å². The SMILES string of the molecule is C[C@@H]1CN(C(=NC2CC2)NN)C[C@H](C)O1. The molecule has 1 aliphatic heterocycles. The highest BCUT2D eigenvalue weighted by atomic mass is 16.5. The van der Waals surface area contributed by atoms with E-state index in [0.29, 0.717) is 6.04 Å². The van der Waals surface area contributed by atoms with Crippen LogP contribution in [0.3, 0.4) is 0 Å². The Labute approximate surface area is 90.6 Å². The van der Waals surface area contributed by atoms with Crippen LogP contribution < -0.4 is 11.3 Å². The molecule has 0 aromatic rings. The molecule has 1 saturated heterocycles. The molecule has 86 valence electrons. The Morgan fingerprint density at radius 3 is 2.40 bits per heavy atom. The zero-order valence-electron chi connectivity index (χ0n) is 9.44. The summed E-state index contributed by atoms with van der Waals surface area (Å²) in [7, 11) is 0. The summed E-state index contributed by atoms with van der Waals surface area (Å²) in [5, 5.41) is 0. The van der Waals surface area contributed by atoms with Crippen LogP contribution in [0, 0.1) is 0 Å². The third-order valence-corrected chi connectivity index (χ3v) is 2.70. The minimum atomic E-state index is 0.242. The van der Waals surface area contributed by atoms with E-state index >= 15 is 0 Å². The number of hydrogen-bond acceptors (Lipinski definition) is 3. The summed E-state index contributed by atoms with van der Waals surface area (Å²) in [6, 6.07) is 0.490. The number of ether oxygens (including phenoxy) is 1. The van der Waals surface area contributed by atoms with Crippen molar-refractivity contribution in [2.24, 2.45) is 10.8 Å². The average molecular weight is 212 g/mol. The van der Waals surface area contributed by atoms with Crippen molar-refractivity contribution in [3.05, 3.63) is 0 Å². The standard InChI is InChI=1S/C10H20N4O/c1-7-5-14(6-8(2)15-7)10(13-11)12-9-3-4-9/h7-9H,3-6,11H2,1-2H3,(H,12,13)/t7-,8+. The molecule has 0 bridgehead atoms. The predicted octanol–water partition coefficient (Wildman–Crippen LogP) is 0.0773. The molecule has 0 unspecified atom stereocenters. The molecule has 15 heavy (non-hydrogen) atoms. The number of hydrazine groups is 1. The van der Waals surface area contributed by atoms with E-state index in [9.17, 15) is 0 Å². The molecule has 0 aromatic heterocycles. The molecule has 0 radical (unpaired) electrons. The quantitative estimate of drug-likeness (QED) is 0.279. The molecule has 1 aliphatic carbocycles. The van der Waals surface area contributed by atoms with Crippen molar-refractivity contribution < 1.29 is 4.74 Å². The second-order valence-corrected chi connectivity index (χ2v) is 4.49. The van der Waals surface area contributed by atoms with Crippen LogP contribution in [0.2, 0.25) is 0 Å². The van der Waals surface area contributed by atoms with E-state index in [4.69, 9.17) is 10.6 Å². The highest BCUT2D eigenvalue weighted by Gasteiger charge is 2.27. The highest BCUT2D eigenvalue weighted by molar-refractivity contribution is 5.79. The third-order valence-electron chi connectivity index (χ3n) is 2.70. The summed E-state index contributed by atoms with van der Waals surface area (Å²) in [5.74, 6) is 6.33. The molecule has 2 fully saturated rings. The van der Waals surface area contributed by atoms with Crippen LogP contribution in [0.4, 0.5) is 0 Å². The first-order valence-electron chi connectivity index (χ1n) is 5.64. The number of morpholine rings is 1. The Bertz CT molecular complexity index is 242. The van der Waals surface area contributed by atoms with Crippen molar-refractivity contribution in [3.63, 3.8) is 0 Å². The lowest BCUT2D eigenvalue weighted by molar-refractivity contribution is -0.0489. The minimum absolute atomic E-state index is 0.242. The molecular weight excluding hydrogens is 192 g/mol. The Morgan fingerprint density at radius 2 is 1.93 bits per heavy atom. The highest BCUT2D eigenvalue weighted by Crippen LogP contribution is 2.24. The van der Waals surface area contributed by atoms with Crippen molar-refractivity contribution >= 4 is 5.96 Å². The van der Waals surface area contributed by atoms with Crippen LogP contribution in [0.25, 0.3) is 0 Å². The fourth-order valence-corrected chi connectivity index (χ4v) is 1.94. The van der Waals surface area contributed by atoms with Gasteiger partial charge in [0.1, 0.15) is 0 Å². The van der Waals surface area contributed by atoms with E-state index in [2.05, 4.69) is 29.2 Å². The van der Waals surface area contributed by atoms with Crippen LogP contribution in [-0.4, -0.2) is 42.2 Å². The predicted molar refractivity (Wildman–Crippen MR) is 59.4 cm³/mol.